The molecule has 2 N–H and O–H groups in total. The van der Waals surface area contributed by atoms with Crippen LogP contribution < -0.4 is 5.32 Å². The molecule has 0 fully saturated rings. The topological polar surface area (TPSA) is 84.2 Å². The summed E-state index contributed by atoms with van der Waals surface area (Å²) >= 11 is 0. The Bertz CT molecular complexity index is 651. The smallest absolute Gasteiger partial charge is 0.338 e. The summed E-state index contributed by atoms with van der Waals surface area (Å²) in [5.41, 5.74) is 0.0281. The second-order valence-corrected chi connectivity index (χ2v) is 3.86. The zero-order valence-corrected chi connectivity index (χ0v) is 9.92. The lowest BCUT2D eigenvalue weighted by Crippen LogP contribution is -2.12. The second kappa shape index (κ2) is 4.89. The van der Waals surface area contributed by atoms with E-state index in [9.17, 15) is 14.0 Å². The molecule has 0 radical (unpaired) electrons. The third kappa shape index (κ3) is 2.76. The number of hydrogen-bond donors (Lipinski definition) is 2. The molecule has 0 saturated carbocycles. The van der Waals surface area contributed by atoms with Crippen molar-refractivity contribution in [1.82, 2.24) is 9.78 Å². The Morgan fingerprint density at radius 2 is 2.16 bits per heavy atom. The summed E-state index contributed by atoms with van der Waals surface area (Å²) in [5, 5.41) is 15.1. The number of carboxylic acid groups (broad SMARTS) is 1. The third-order valence-electron chi connectivity index (χ3n) is 2.42. The summed E-state index contributed by atoms with van der Waals surface area (Å²) in [6.07, 6.45) is 2.88. The van der Waals surface area contributed by atoms with Crippen LogP contribution in [-0.4, -0.2) is 26.8 Å². The molecule has 0 aliphatic rings. The van der Waals surface area contributed by atoms with Crippen molar-refractivity contribution in [3.8, 4) is 0 Å². The highest BCUT2D eigenvalue weighted by atomic mass is 19.1. The molecule has 2 rings (SSSR count). The molecule has 0 aliphatic carbocycles. The summed E-state index contributed by atoms with van der Waals surface area (Å²) in [6.45, 7) is 0. The number of amides is 1. The second-order valence-electron chi connectivity index (χ2n) is 3.86. The maximum absolute atomic E-state index is 13.2. The van der Waals surface area contributed by atoms with Gasteiger partial charge in [-0.05, 0) is 18.2 Å². The molecule has 0 aliphatic heterocycles. The van der Waals surface area contributed by atoms with E-state index >= 15 is 0 Å². The van der Waals surface area contributed by atoms with Crippen molar-refractivity contribution in [1.29, 1.82) is 0 Å². The van der Waals surface area contributed by atoms with E-state index in [1.165, 1.54) is 23.1 Å². The zero-order chi connectivity index (χ0) is 14.0. The normalized spacial score (nSPS) is 10.2. The van der Waals surface area contributed by atoms with E-state index in [1.807, 2.05) is 0 Å². The standard InChI is InChI=1S/C12H10FN3O3/c1-16-6-7(5-14-16)11(17)15-8-2-3-10(13)9(4-8)12(18)19/h2-6H,1H3,(H,15,17)(H,18,19). The van der Waals surface area contributed by atoms with Crippen LogP contribution in [-0.2, 0) is 7.05 Å². The number of aromatic nitrogens is 2. The largest absolute Gasteiger partial charge is 0.478 e. The summed E-state index contributed by atoms with van der Waals surface area (Å²) in [6, 6.07) is 3.34. The molecule has 1 aromatic heterocycles. The van der Waals surface area contributed by atoms with Crippen LogP contribution in [0.4, 0.5) is 10.1 Å². The van der Waals surface area contributed by atoms with Crippen LogP contribution in [0.5, 0.6) is 0 Å². The van der Waals surface area contributed by atoms with E-state index in [0.717, 1.165) is 12.1 Å². The Balaban J connectivity index is 2.22. The van der Waals surface area contributed by atoms with Gasteiger partial charge >= 0.3 is 5.97 Å². The summed E-state index contributed by atoms with van der Waals surface area (Å²) < 4.78 is 14.6. The number of aromatic carboxylic acids is 1. The molecule has 98 valence electrons. The molecule has 7 heteroatoms. The number of anilines is 1. The van der Waals surface area contributed by atoms with Crippen LogP contribution in [0.3, 0.4) is 0 Å². The molecule has 1 amide bonds. The van der Waals surface area contributed by atoms with Crippen molar-refractivity contribution in [2.24, 2.45) is 7.05 Å². The Kier molecular flexibility index (Phi) is 3.28. The lowest BCUT2D eigenvalue weighted by molar-refractivity contribution is 0.0691. The third-order valence-corrected chi connectivity index (χ3v) is 2.42. The number of benzene rings is 1. The fourth-order valence-electron chi connectivity index (χ4n) is 1.51. The first kappa shape index (κ1) is 12.7. The first-order valence-corrected chi connectivity index (χ1v) is 5.30. The molecular weight excluding hydrogens is 253 g/mol. The molecule has 0 saturated heterocycles. The van der Waals surface area contributed by atoms with Gasteiger partial charge < -0.3 is 10.4 Å². The molecule has 1 heterocycles. The number of aryl methyl sites for hydroxylation is 1. The van der Waals surface area contributed by atoms with E-state index in [-0.39, 0.29) is 5.69 Å². The molecule has 0 unspecified atom stereocenters. The molecule has 2 aromatic rings. The highest BCUT2D eigenvalue weighted by Crippen LogP contribution is 2.15. The Morgan fingerprint density at radius 1 is 1.42 bits per heavy atom. The van der Waals surface area contributed by atoms with Crippen molar-refractivity contribution in [2.45, 2.75) is 0 Å². The number of carbonyl (C=O) groups is 2. The minimum absolute atomic E-state index is 0.202. The fraction of sp³-hybridized carbons (Fsp3) is 0.0833. The monoisotopic (exact) mass is 263 g/mol. The van der Waals surface area contributed by atoms with Crippen molar-refractivity contribution >= 4 is 17.6 Å². The molecule has 19 heavy (non-hydrogen) atoms. The highest BCUT2D eigenvalue weighted by molar-refractivity contribution is 6.04. The summed E-state index contributed by atoms with van der Waals surface area (Å²) in [7, 11) is 1.66. The first-order valence-electron chi connectivity index (χ1n) is 5.30. The van der Waals surface area contributed by atoms with Gasteiger partial charge in [0.15, 0.2) is 0 Å². The van der Waals surface area contributed by atoms with Crippen molar-refractivity contribution < 1.29 is 19.1 Å². The van der Waals surface area contributed by atoms with E-state index in [1.54, 1.807) is 7.05 Å². The first-order chi connectivity index (χ1) is 8.97. The van der Waals surface area contributed by atoms with Gasteiger partial charge in [-0.2, -0.15) is 5.10 Å². The Morgan fingerprint density at radius 3 is 2.74 bits per heavy atom. The number of hydrogen-bond acceptors (Lipinski definition) is 3. The Hall–Kier alpha value is -2.70. The number of nitrogens with zero attached hydrogens (tertiary/aromatic N) is 2. The molecule has 6 nitrogen and oxygen atoms in total. The average Bonchev–Trinajstić information content (AvgIpc) is 2.78. The predicted octanol–water partition coefficient (Wildman–Crippen LogP) is 1.51. The van der Waals surface area contributed by atoms with E-state index in [2.05, 4.69) is 10.4 Å². The fourth-order valence-corrected chi connectivity index (χ4v) is 1.51. The van der Waals surface area contributed by atoms with Gasteiger partial charge in [0.05, 0.1) is 17.3 Å². The molecule has 0 bridgehead atoms. The number of halogens is 1. The average molecular weight is 263 g/mol. The number of carboxylic acids is 1. The maximum Gasteiger partial charge on any atom is 0.338 e. The molecule has 1 aromatic carbocycles. The van der Waals surface area contributed by atoms with Crippen molar-refractivity contribution in [3.05, 3.63) is 47.5 Å². The van der Waals surface area contributed by atoms with Gasteiger partial charge in [0.25, 0.3) is 5.91 Å². The number of rotatable bonds is 3. The number of carbonyl (C=O) groups excluding carboxylic acids is 1. The van der Waals surface area contributed by atoms with E-state index in [0.29, 0.717) is 5.56 Å². The number of nitrogens with one attached hydrogen (secondary N) is 1. The van der Waals surface area contributed by atoms with Crippen molar-refractivity contribution in [2.75, 3.05) is 5.32 Å². The van der Waals surface area contributed by atoms with Crippen LogP contribution in [0.2, 0.25) is 0 Å². The Labute approximate surface area is 107 Å². The summed E-state index contributed by atoms with van der Waals surface area (Å²) in [5.74, 6) is -2.70. The van der Waals surface area contributed by atoms with Crippen LogP contribution in [0, 0.1) is 5.82 Å². The van der Waals surface area contributed by atoms with Gasteiger partial charge in [-0.25, -0.2) is 9.18 Å². The SMILES string of the molecule is Cn1cc(C(=O)Nc2ccc(F)c(C(=O)O)c2)cn1. The molecule has 0 spiro atoms. The van der Waals surface area contributed by atoms with Crippen LogP contribution in [0.25, 0.3) is 0 Å². The van der Waals surface area contributed by atoms with Crippen molar-refractivity contribution in [3.63, 3.8) is 0 Å². The van der Waals surface area contributed by atoms with Gasteiger partial charge in [-0.15, -0.1) is 0 Å². The van der Waals surface area contributed by atoms with Gasteiger partial charge in [0.1, 0.15) is 5.82 Å². The van der Waals surface area contributed by atoms with E-state index < -0.39 is 23.3 Å². The highest BCUT2D eigenvalue weighted by Gasteiger charge is 2.13. The molecule has 0 atom stereocenters. The zero-order valence-electron chi connectivity index (χ0n) is 9.92. The quantitative estimate of drug-likeness (QED) is 0.879. The van der Waals surface area contributed by atoms with Gasteiger partial charge in [0, 0.05) is 18.9 Å². The predicted molar refractivity (Wildman–Crippen MR) is 64.5 cm³/mol. The van der Waals surface area contributed by atoms with E-state index in [4.69, 9.17) is 5.11 Å². The van der Waals surface area contributed by atoms with Crippen LogP contribution in [0.1, 0.15) is 20.7 Å². The minimum Gasteiger partial charge on any atom is -0.478 e. The van der Waals surface area contributed by atoms with Crippen LogP contribution >= 0.6 is 0 Å². The maximum atomic E-state index is 13.2. The molecular formula is C12H10FN3O3. The van der Waals surface area contributed by atoms with Gasteiger partial charge in [-0.1, -0.05) is 0 Å². The van der Waals surface area contributed by atoms with Gasteiger partial charge in [-0.3, -0.25) is 9.48 Å². The lowest BCUT2D eigenvalue weighted by Gasteiger charge is -2.05. The van der Waals surface area contributed by atoms with Gasteiger partial charge in [0.2, 0.25) is 0 Å². The summed E-state index contributed by atoms with van der Waals surface area (Å²) in [4.78, 5) is 22.6. The van der Waals surface area contributed by atoms with Crippen LogP contribution in [0.15, 0.2) is 30.6 Å². The lowest BCUT2D eigenvalue weighted by atomic mass is 10.2. The minimum atomic E-state index is -1.39.